The normalized spacial score (nSPS) is 16.2. The standard InChI is InChI=1S/C40H26O13/c1-48-32-16-20(6-12-30(32)50-35(42)24-8-10-26-28(18-24)39(46)52-37(26)44)14-22-4-3-5-23(34(22)41)15-21-7-13-31(33(17-21)49-2)51-36(43)25-9-11-27-29(19-25)40(47)53-38(27)45/h6-19H,3-5H2,1-2H3/b22-14+,23-15+. The summed E-state index contributed by atoms with van der Waals surface area (Å²) >= 11 is 0. The van der Waals surface area contributed by atoms with Crippen molar-refractivity contribution < 1.29 is 62.0 Å². The fourth-order valence-electron chi connectivity index (χ4n) is 6.04. The molecule has 0 bridgehead atoms. The van der Waals surface area contributed by atoms with Crippen LogP contribution in [0.1, 0.15) is 92.5 Å². The Labute approximate surface area is 300 Å². The summed E-state index contributed by atoms with van der Waals surface area (Å²) < 4.78 is 31.1. The SMILES string of the molecule is COc1cc(/C=C2\CCC/C(=C\c3ccc(OC(=O)c4ccc5c(c4)C(=O)OC5=O)c(OC)c3)C2=O)ccc1OC(=O)c1ccc2c(c1)C(=O)OC2=O. The van der Waals surface area contributed by atoms with Gasteiger partial charge in [0.15, 0.2) is 28.8 Å². The number of fused-ring (bicyclic) bond motifs is 2. The molecule has 0 spiro atoms. The second-order valence-corrected chi connectivity index (χ2v) is 12.0. The third kappa shape index (κ3) is 6.70. The zero-order valence-corrected chi connectivity index (χ0v) is 28.0. The molecule has 0 amide bonds. The molecule has 53 heavy (non-hydrogen) atoms. The van der Waals surface area contributed by atoms with E-state index in [4.69, 9.17) is 18.9 Å². The van der Waals surface area contributed by atoms with Gasteiger partial charge in [0.25, 0.3) is 0 Å². The lowest BCUT2D eigenvalue weighted by Gasteiger charge is -2.17. The molecule has 264 valence electrons. The van der Waals surface area contributed by atoms with Crippen molar-refractivity contribution in [3.8, 4) is 23.0 Å². The molecule has 13 heteroatoms. The first-order valence-electron chi connectivity index (χ1n) is 16.1. The zero-order chi connectivity index (χ0) is 37.4. The Kier molecular flexibility index (Phi) is 8.98. The number of hydrogen-bond acceptors (Lipinski definition) is 13. The average molecular weight is 715 g/mol. The molecule has 3 aliphatic rings. The van der Waals surface area contributed by atoms with Crippen molar-refractivity contribution in [2.75, 3.05) is 14.2 Å². The third-order valence-corrected chi connectivity index (χ3v) is 8.70. The molecule has 2 aliphatic heterocycles. The van der Waals surface area contributed by atoms with Gasteiger partial charge >= 0.3 is 35.8 Å². The van der Waals surface area contributed by atoms with Crippen LogP contribution in [0.2, 0.25) is 0 Å². The van der Waals surface area contributed by atoms with Crippen LogP contribution in [-0.4, -0.2) is 55.8 Å². The number of cyclic esters (lactones) is 4. The van der Waals surface area contributed by atoms with Gasteiger partial charge in [0.05, 0.1) is 47.6 Å². The summed E-state index contributed by atoms with van der Waals surface area (Å²) in [5.74, 6) is -4.30. The number of hydrogen-bond donors (Lipinski definition) is 0. The number of allylic oxidation sites excluding steroid dienone is 2. The largest absolute Gasteiger partial charge is 0.493 e. The van der Waals surface area contributed by atoms with Gasteiger partial charge in [-0.1, -0.05) is 12.1 Å². The van der Waals surface area contributed by atoms with Crippen LogP contribution in [0.25, 0.3) is 12.2 Å². The number of carbonyl (C=O) groups excluding carboxylic acids is 7. The van der Waals surface area contributed by atoms with E-state index in [2.05, 4.69) is 9.47 Å². The summed E-state index contributed by atoms with van der Waals surface area (Å²) in [5.41, 5.74) is 2.54. The van der Waals surface area contributed by atoms with Crippen LogP contribution in [0.3, 0.4) is 0 Å². The van der Waals surface area contributed by atoms with Crippen molar-refractivity contribution in [3.63, 3.8) is 0 Å². The molecule has 2 heterocycles. The molecule has 0 atom stereocenters. The Morgan fingerprint density at radius 2 is 0.943 bits per heavy atom. The number of ketones is 1. The summed E-state index contributed by atoms with van der Waals surface area (Å²) in [6.07, 6.45) is 5.26. The second-order valence-electron chi connectivity index (χ2n) is 12.0. The molecular formula is C40H26O13. The van der Waals surface area contributed by atoms with Crippen LogP contribution in [0.4, 0.5) is 0 Å². The maximum Gasteiger partial charge on any atom is 0.346 e. The average Bonchev–Trinajstić information content (AvgIpc) is 3.61. The minimum Gasteiger partial charge on any atom is -0.493 e. The lowest BCUT2D eigenvalue weighted by molar-refractivity contribution is -0.112. The molecule has 0 radical (unpaired) electrons. The fourth-order valence-corrected chi connectivity index (χ4v) is 6.04. The maximum absolute atomic E-state index is 13.6. The first kappa shape index (κ1) is 34.3. The number of rotatable bonds is 8. The van der Waals surface area contributed by atoms with E-state index in [1.165, 1.54) is 62.8 Å². The van der Waals surface area contributed by atoms with Gasteiger partial charge in [-0.05, 0) is 103 Å². The van der Waals surface area contributed by atoms with Crippen molar-refractivity contribution in [2.24, 2.45) is 0 Å². The quantitative estimate of drug-likeness (QED) is 0.0903. The number of Topliss-reactive ketones (excluding diaryl/α,β-unsaturated/α-hetero) is 1. The predicted octanol–water partition coefficient (Wildman–Crippen LogP) is 5.98. The van der Waals surface area contributed by atoms with Gasteiger partial charge in [0.2, 0.25) is 0 Å². The van der Waals surface area contributed by atoms with Crippen LogP contribution in [0, 0.1) is 0 Å². The molecule has 0 saturated heterocycles. The van der Waals surface area contributed by atoms with E-state index < -0.39 is 35.8 Å². The second kappa shape index (κ2) is 13.9. The van der Waals surface area contributed by atoms with Crippen molar-refractivity contribution in [1.82, 2.24) is 0 Å². The zero-order valence-electron chi connectivity index (χ0n) is 28.0. The molecular weight excluding hydrogens is 688 g/mol. The minimum atomic E-state index is -0.841. The number of benzene rings is 4. The summed E-state index contributed by atoms with van der Waals surface area (Å²) in [5, 5.41) is 0. The molecule has 4 aromatic rings. The molecule has 1 fully saturated rings. The van der Waals surface area contributed by atoms with Gasteiger partial charge in [-0.15, -0.1) is 0 Å². The Balaban J connectivity index is 1.05. The van der Waals surface area contributed by atoms with E-state index in [0.717, 1.165) is 0 Å². The highest BCUT2D eigenvalue weighted by Crippen LogP contribution is 2.35. The van der Waals surface area contributed by atoms with E-state index in [-0.39, 0.29) is 62.2 Å². The highest BCUT2D eigenvalue weighted by molar-refractivity contribution is 6.17. The maximum atomic E-state index is 13.6. The van der Waals surface area contributed by atoms with E-state index in [9.17, 15) is 33.6 Å². The van der Waals surface area contributed by atoms with Gasteiger partial charge in [0.1, 0.15) is 0 Å². The van der Waals surface area contributed by atoms with Crippen LogP contribution in [0.15, 0.2) is 83.9 Å². The molecule has 4 aromatic carbocycles. The molecule has 13 nitrogen and oxygen atoms in total. The summed E-state index contributed by atoms with van der Waals surface area (Å²) in [7, 11) is 2.81. The Hall–Kier alpha value is -7.15. The van der Waals surface area contributed by atoms with E-state index in [1.54, 1.807) is 36.4 Å². The molecule has 1 aliphatic carbocycles. The first-order valence-corrected chi connectivity index (χ1v) is 16.1. The predicted molar refractivity (Wildman–Crippen MR) is 183 cm³/mol. The lowest BCUT2D eigenvalue weighted by Crippen LogP contribution is -2.12. The monoisotopic (exact) mass is 714 g/mol. The van der Waals surface area contributed by atoms with E-state index in [1.807, 2.05) is 0 Å². The molecule has 0 N–H and O–H groups in total. The van der Waals surface area contributed by atoms with Gasteiger partial charge in [0, 0.05) is 11.1 Å². The highest BCUT2D eigenvalue weighted by atomic mass is 16.6. The Morgan fingerprint density at radius 3 is 1.36 bits per heavy atom. The molecule has 7 rings (SSSR count). The lowest BCUT2D eigenvalue weighted by atomic mass is 9.87. The van der Waals surface area contributed by atoms with Crippen molar-refractivity contribution >= 4 is 53.8 Å². The third-order valence-electron chi connectivity index (χ3n) is 8.70. The number of carbonyl (C=O) groups is 7. The first-order chi connectivity index (χ1) is 25.5. The van der Waals surface area contributed by atoms with Crippen LogP contribution in [0.5, 0.6) is 23.0 Å². The Bertz CT molecular complexity index is 2220. The van der Waals surface area contributed by atoms with Crippen molar-refractivity contribution in [2.45, 2.75) is 19.3 Å². The molecule has 1 saturated carbocycles. The van der Waals surface area contributed by atoms with Gasteiger partial charge in [-0.2, -0.15) is 0 Å². The number of esters is 6. The molecule has 0 unspecified atom stereocenters. The summed E-state index contributed by atoms with van der Waals surface area (Å²) in [6, 6.07) is 17.5. The van der Waals surface area contributed by atoms with Gasteiger partial charge in [-0.25, -0.2) is 28.8 Å². The van der Waals surface area contributed by atoms with E-state index in [0.29, 0.717) is 41.5 Å². The van der Waals surface area contributed by atoms with Crippen LogP contribution < -0.4 is 18.9 Å². The summed E-state index contributed by atoms with van der Waals surface area (Å²) in [6.45, 7) is 0. The van der Waals surface area contributed by atoms with Crippen LogP contribution >= 0.6 is 0 Å². The topological polar surface area (TPSA) is 175 Å². The van der Waals surface area contributed by atoms with Crippen LogP contribution in [-0.2, 0) is 14.3 Å². The Morgan fingerprint density at radius 1 is 0.528 bits per heavy atom. The highest BCUT2D eigenvalue weighted by Gasteiger charge is 2.32. The van der Waals surface area contributed by atoms with E-state index >= 15 is 0 Å². The minimum absolute atomic E-state index is 0.0233. The van der Waals surface area contributed by atoms with Gasteiger partial charge in [-0.3, -0.25) is 4.79 Å². The number of ether oxygens (including phenoxy) is 6. The smallest absolute Gasteiger partial charge is 0.346 e. The summed E-state index contributed by atoms with van der Waals surface area (Å²) in [4.78, 5) is 86.6. The van der Waals surface area contributed by atoms with Crippen molar-refractivity contribution in [3.05, 3.63) is 128 Å². The fraction of sp³-hybridized carbons (Fsp3) is 0.125. The number of methoxy groups -OCH3 is 2. The van der Waals surface area contributed by atoms with Crippen molar-refractivity contribution in [1.29, 1.82) is 0 Å². The van der Waals surface area contributed by atoms with Gasteiger partial charge < -0.3 is 28.4 Å². The molecule has 0 aromatic heterocycles.